The largest absolute Gasteiger partial charge is 0.496 e. The summed E-state index contributed by atoms with van der Waals surface area (Å²) in [4.78, 5) is 37.2. The standard InChI is InChI=1S/C20H21NO5/c1-14(22)15-9-10-18(25-3)16(11-15)12-20(24)26-13-19(23)21(2)17-7-5-4-6-8-17/h4-11H,12-13H2,1-3H3. The molecule has 0 radical (unpaired) electrons. The number of methoxy groups -OCH3 is 1. The van der Waals surface area contributed by atoms with E-state index in [0.717, 1.165) is 0 Å². The van der Waals surface area contributed by atoms with E-state index in [1.54, 1.807) is 37.4 Å². The maximum Gasteiger partial charge on any atom is 0.310 e. The van der Waals surface area contributed by atoms with Crippen LogP contribution in [-0.4, -0.2) is 38.4 Å². The van der Waals surface area contributed by atoms with E-state index in [9.17, 15) is 14.4 Å². The number of rotatable bonds is 7. The SMILES string of the molecule is COc1ccc(C(C)=O)cc1CC(=O)OCC(=O)N(C)c1ccccc1. The molecule has 0 aliphatic carbocycles. The monoisotopic (exact) mass is 355 g/mol. The van der Waals surface area contributed by atoms with Crippen LogP contribution >= 0.6 is 0 Å². The molecular weight excluding hydrogens is 334 g/mol. The molecule has 0 bridgehead atoms. The van der Waals surface area contributed by atoms with Crippen molar-refractivity contribution in [2.24, 2.45) is 0 Å². The zero-order chi connectivity index (χ0) is 19.1. The number of hydrogen-bond donors (Lipinski definition) is 0. The molecule has 1 amide bonds. The van der Waals surface area contributed by atoms with Crippen molar-refractivity contribution in [3.8, 4) is 5.75 Å². The summed E-state index contributed by atoms with van der Waals surface area (Å²) >= 11 is 0. The Labute approximate surface area is 152 Å². The Bertz CT molecular complexity index is 801. The molecule has 136 valence electrons. The van der Waals surface area contributed by atoms with Gasteiger partial charge in [-0.05, 0) is 37.3 Å². The second-order valence-corrected chi connectivity index (χ2v) is 5.71. The summed E-state index contributed by atoms with van der Waals surface area (Å²) in [6, 6.07) is 13.9. The van der Waals surface area contributed by atoms with Crippen molar-refractivity contribution in [1.82, 2.24) is 0 Å². The summed E-state index contributed by atoms with van der Waals surface area (Å²) < 4.78 is 10.3. The first-order valence-electron chi connectivity index (χ1n) is 8.07. The smallest absolute Gasteiger partial charge is 0.310 e. The van der Waals surface area contributed by atoms with Gasteiger partial charge in [0.05, 0.1) is 13.5 Å². The minimum Gasteiger partial charge on any atom is -0.496 e. The van der Waals surface area contributed by atoms with Crippen molar-refractivity contribution in [2.75, 3.05) is 25.7 Å². The highest BCUT2D eigenvalue weighted by Crippen LogP contribution is 2.21. The van der Waals surface area contributed by atoms with Gasteiger partial charge in [0.2, 0.25) is 0 Å². The van der Waals surface area contributed by atoms with Gasteiger partial charge in [-0.25, -0.2) is 0 Å². The van der Waals surface area contributed by atoms with Gasteiger partial charge in [0.1, 0.15) is 5.75 Å². The first-order valence-corrected chi connectivity index (χ1v) is 8.07. The molecule has 0 saturated heterocycles. The van der Waals surface area contributed by atoms with E-state index >= 15 is 0 Å². The molecule has 0 N–H and O–H groups in total. The van der Waals surface area contributed by atoms with E-state index in [4.69, 9.17) is 9.47 Å². The van der Waals surface area contributed by atoms with Crippen LogP contribution < -0.4 is 9.64 Å². The first-order chi connectivity index (χ1) is 12.4. The van der Waals surface area contributed by atoms with Gasteiger partial charge in [-0.2, -0.15) is 0 Å². The normalized spacial score (nSPS) is 10.1. The number of ketones is 1. The van der Waals surface area contributed by atoms with Crippen molar-refractivity contribution in [1.29, 1.82) is 0 Å². The minimum absolute atomic E-state index is 0.0907. The summed E-state index contributed by atoms with van der Waals surface area (Å²) in [6.07, 6.45) is -0.0907. The van der Waals surface area contributed by atoms with Crippen LogP contribution in [0.25, 0.3) is 0 Å². The third-order valence-electron chi connectivity index (χ3n) is 3.90. The van der Waals surface area contributed by atoms with Crippen molar-refractivity contribution in [2.45, 2.75) is 13.3 Å². The number of hydrogen-bond acceptors (Lipinski definition) is 5. The maximum atomic E-state index is 12.1. The molecule has 26 heavy (non-hydrogen) atoms. The van der Waals surface area contributed by atoms with Crippen molar-refractivity contribution < 1.29 is 23.9 Å². The van der Waals surface area contributed by atoms with Crippen LogP contribution in [0.15, 0.2) is 48.5 Å². The predicted molar refractivity (Wildman–Crippen MR) is 97.5 cm³/mol. The number of para-hydroxylation sites is 1. The third-order valence-corrected chi connectivity index (χ3v) is 3.90. The Morgan fingerprint density at radius 1 is 1.04 bits per heavy atom. The molecular formula is C20H21NO5. The summed E-state index contributed by atoms with van der Waals surface area (Å²) in [5, 5.41) is 0. The van der Waals surface area contributed by atoms with Gasteiger partial charge < -0.3 is 14.4 Å². The Morgan fingerprint density at radius 3 is 2.35 bits per heavy atom. The van der Waals surface area contributed by atoms with Gasteiger partial charge in [0.15, 0.2) is 12.4 Å². The van der Waals surface area contributed by atoms with Crippen LogP contribution in [0.3, 0.4) is 0 Å². The number of amides is 1. The second-order valence-electron chi connectivity index (χ2n) is 5.71. The van der Waals surface area contributed by atoms with E-state index in [-0.39, 0.29) is 24.7 Å². The number of carbonyl (C=O) groups excluding carboxylic acids is 3. The van der Waals surface area contributed by atoms with Gasteiger partial charge >= 0.3 is 5.97 Å². The molecule has 0 saturated carbocycles. The van der Waals surface area contributed by atoms with Crippen LogP contribution in [0.1, 0.15) is 22.8 Å². The molecule has 0 fully saturated rings. The van der Waals surface area contributed by atoms with Crippen LogP contribution in [0, 0.1) is 0 Å². The molecule has 0 atom stereocenters. The number of anilines is 1. The molecule has 2 aromatic rings. The summed E-state index contributed by atoms with van der Waals surface area (Å²) in [5.74, 6) is -0.533. The average molecular weight is 355 g/mol. The molecule has 0 unspecified atom stereocenters. The van der Waals surface area contributed by atoms with Gasteiger partial charge in [0.25, 0.3) is 5.91 Å². The van der Waals surface area contributed by atoms with Crippen LogP contribution in [-0.2, 0) is 20.7 Å². The lowest BCUT2D eigenvalue weighted by Gasteiger charge is -2.17. The van der Waals surface area contributed by atoms with E-state index in [1.807, 2.05) is 18.2 Å². The highest BCUT2D eigenvalue weighted by atomic mass is 16.5. The molecule has 0 aromatic heterocycles. The molecule has 6 nitrogen and oxygen atoms in total. The Balaban J connectivity index is 1.97. The highest BCUT2D eigenvalue weighted by molar-refractivity contribution is 5.95. The Morgan fingerprint density at radius 2 is 1.73 bits per heavy atom. The van der Waals surface area contributed by atoms with E-state index < -0.39 is 5.97 Å². The molecule has 6 heteroatoms. The van der Waals surface area contributed by atoms with E-state index in [2.05, 4.69) is 0 Å². The first kappa shape index (κ1) is 19.2. The number of ether oxygens (including phenoxy) is 2. The maximum absolute atomic E-state index is 12.1. The number of Topliss-reactive ketones (excluding diaryl/α,β-unsaturated/α-hetero) is 1. The molecule has 0 spiro atoms. The zero-order valence-corrected chi connectivity index (χ0v) is 15.0. The average Bonchev–Trinajstić information content (AvgIpc) is 2.66. The molecule has 0 aliphatic rings. The van der Waals surface area contributed by atoms with Crippen LogP contribution in [0.2, 0.25) is 0 Å². The number of esters is 1. The second kappa shape index (κ2) is 8.80. The molecule has 2 aromatic carbocycles. The van der Waals surface area contributed by atoms with Gasteiger partial charge in [-0.3, -0.25) is 14.4 Å². The van der Waals surface area contributed by atoms with Gasteiger partial charge in [-0.15, -0.1) is 0 Å². The van der Waals surface area contributed by atoms with Crippen molar-refractivity contribution in [3.05, 3.63) is 59.7 Å². The minimum atomic E-state index is -0.571. The summed E-state index contributed by atoms with van der Waals surface area (Å²) in [7, 11) is 3.10. The van der Waals surface area contributed by atoms with E-state index in [0.29, 0.717) is 22.6 Å². The lowest BCUT2D eigenvalue weighted by Crippen LogP contribution is -2.31. The fraction of sp³-hybridized carbons (Fsp3) is 0.250. The van der Waals surface area contributed by atoms with Crippen molar-refractivity contribution in [3.63, 3.8) is 0 Å². The fourth-order valence-corrected chi connectivity index (χ4v) is 2.38. The van der Waals surface area contributed by atoms with E-state index in [1.165, 1.54) is 18.9 Å². The van der Waals surface area contributed by atoms with Crippen molar-refractivity contribution >= 4 is 23.3 Å². The fourth-order valence-electron chi connectivity index (χ4n) is 2.38. The zero-order valence-electron chi connectivity index (χ0n) is 15.0. The lowest BCUT2D eigenvalue weighted by atomic mass is 10.0. The highest BCUT2D eigenvalue weighted by Gasteiger charge is 2.16. The van der Waals surface area contributed by atoms with Gasteiger partial charge in [0, 0.05) is 23.9 Å². The number of benzene rings is 2. The quantitative estimate of drug-likeness (QED) is 0.564. The predicted octanol–water partition coefficient (Wildman–Crippen LogP) is 2.65. The number of likely N-dealkylation sites (N-methyl/N-ethyl adjacent to an activating group) is 1. The summed E-state index contributed by atoms with van der Waals surface area (Å²) in [5.41, 5.74) is 1.73. The van der Waals surface area contributed by atoms with Crippen LogP contribution in [0.4, 0.5) is 5.69 Å². The lowest BCUT2D eigenvalue weighted by molar-refractivity contribution is -0.147. The Kier molecular flexibility index (Phi) is 6.49. The Hall–Kier alpha value is -3.15. The molecule has 0 aliphatic heterocycles. The molecule has 0 heterocycles. The number of carbonyl (C=O) groups is 3. The van der Waals surface area contributed by atoms with Gasteiger partial charge in [-0.1, -0.05) is 18.2 Å². The summed E-state index contributed by atoms with van der Waals surface area (Å²) in [6.45, 7) is 1.08. The topological polar surface area (TPSA) is 72.9 Å². The third kappa shape index (κ3) is 4.92. The van der Waals surface area contributed by atoms with Crippen LogP contribution in [0.5, 0.6) is 5.75 Å². The molecule has 2 rings (SSSR count). The number of nitrogens with zero attached hydrogens (tertiary/aromatic N) is 1.